The first-order chi connectivity index (χ1) is 8.16. The monoisotopic (exact) mass is 254 g/mol. The van der Waals surface area contributed by atoms with Crippen molar-refractivity contribution in [3.05, 3.63) is 28.8 Å². The number of ether oxygens (including phenoxy) is 2. The number of rotatable bonds is 2. The fraction of sp³-hybridized carbons (Fsp3) is 0.385. The maximum Gasteiger partial charge on any atom is 0.179 e. The highest BCUT2D eigenvalue weighted by molar-refractivity contribution is 6.32. The lowest BCUT2D eigenvalue weighted by Crippen LogP contribution is -1.97. The minimum absolute atomic E-state index is 0.482. The van der Waals surface area contributed by atoms with E-state index in [0.717, 1.165) is 12.0 Å². The Morgan fingerprint density at radius 2 is 2.12 bits per heavy atom. The predicted octanol–water partition coefficient (Wildman–Crippen LogP) is 2.90. The number of hydrogen-bond acceptors (Lipinski definition) is 3. The van der Waals surface area contributed by atoms with Gasteiger partial charge in [-0.05, 0) is 24.6 Å². The summed E-state index contributed by atoms with van der Waals surface area (Å²) in [6, 6.07) is 3.67. The van der Waals surface area contributed by atoms with Gasteiger partial charge in [0, 0.05) is 6.42 Å². The third kappa shape index (κ3) is 3.14. The number of halogens is 1. The number of fused-ring (bicyclic) bond motifs is 1. The molecule has 3 nitrogen and oxygen atoms in total. The van der Waals surface area contributed by atoms with Gasteiger partial charge in [0.05, 0.1) is 24.3 Å². The largest absolute Gasteiger partial charge is 0.489 e. The first-order valence-corrected chi connectivity index (χ1v) is 6.00. The van der Waals surface area contributed by atoms with Gasteiger partial charge in [0.1, 0.15) is 0 Å². The van der Waals surface area contributed by atoms with Gasteiger partial charge in [0.2, 0.25) is 0 Å². The van der Waals surface area contributed by atoms with Crippen LogP contribution in [0, 0.1) is 0 Å². The second-order valence-electron chi connectivity index (χ2n) is 3.98. The molecule has 4 heteroatoms. The van der Waals surface area contributed by atoms with Crippen molar-refractivity contribution in [1.29, 1.82) is 0 Å². The summed E-state index contributed by atoms with van der Waals surface area (Å²) in [5.74, 6) is 1.28. The molecule has 0 bridgehead atoms. The van der Waals surface area contributed by atoms with Gasteiger partial charge in [0.25, 0.3) is 0 Å². The molecule has 1 atom stereocenters. The molecule has 0 aliphatic carbocycles. The van der Waals surface area contributed by atoms with Crippen molar-refractivity contribution < 1.29 is 14.6 Å². The van der Waals surface area contributed by atoms with E-state index in [1.165, 1.54) is 0 Å². The average molecular weight is 255 g/mol. The van der Waals surface area contributed by atoms with Crippen molar-refractivity contribution in [2.24, 2.45) is 0 Å². The van der Waals surface area contributed by atoms with Gasteiger partial charge < -0.3 is 14.6 Å². The van der Waals surface area contributed by atoms with Gasteiger partial charge in [-0.25, -0.2) is 0 Å². The Hall–Kier alpha value is -1.19. The Labute approximate surface area is 106 Å². The van der Waals surface area contributed by atoms with Crippen LogP contribution in [0.5, 0.6) is 11.5 Å². The van der Waals surface area contributed by atoms with Crippen LogP contribution in [-0.4, -0.2) is 24.4 Å². The van der Waals surface area contributed by atoms with Gasteiger partial charge in [0.15, 0.2) is 11.5 Å². The molecule has 92 valence electrons. The molecule has 1 N–H and O–H groups in total. The fourth-order valence-electron chi connectivity index (χ4n) is 1.60. The van der Waals surface area contributed by atoms with Crippen molar-refractivity contribution in [2.45, 2.75) is 19.4 Å². The molecule has 17 heavy (non-hydrogen) atoms. The van der Waals surface area contributed by atoms with E-state index in [-0.39, 0.29) is 0 Å². The minimum atomic E-state index is -0.482. The highest BCUT2D eigenvalue weighted by Crippen LogP contribution is 2.38. The van der Waals surface area contributed by atoms with Crippen LogP contribution in [0.4, 0.5) is 0 Å². The quantitative estimate of drug-likeness (QED) is 0.882. The zero-order valence-corrected chi connectivity index (χ0v) is 10.4. The van der Waals surface area contributed by atoms with Crippen LogP contribution in [0.15, 0.2) is 18.2 Å². The summed E-state index contributed by atoms with van der Waals surface area (Å²) in [7, 11) is 0. The Morgan fingerprint density at radius 3 is 2.88 bits per heavy atom. The Morgan fingerprint density at radius 1 is 1.35 bits per heavy atom. The lowest BCUT2D eigenvalue weighted by Gasteiger charge is -2.10. The van der Waals surface area contributed by atoms with Gasteiger partial charge in [-0.1, -0.05) is 23.8 Å². The highest BCUT2D eigenvalue weighted by Gasteiger charge is 2.14. The molecule has 0 radical (unpaired) electrons. The van der Waals surface area contributed by atoms with Crippen molar-refractivity contribution in [3.8, 4) is 11.5 Å². The summed E-state index contributed by atoms with van der Waals surface area (Å²) < 4.78 is 11.1. The van der Waals surface area contributed by atoms with E-state index in [0.29, 0.717) is 29.7 Å². The molecular formula is C13H15ClO3. The molecule has 0 amide bonds. The zero-order chi connectivity index (χ0) is 12.3. The SMILES string of the molecule is CC(O)/C=C/c1cc(Cl)c2c(c1)OCCCO2. The van der Waals surface area contributed by atoms with Crippen molar-refractivity contribution >= 4 is 17.7 Å². The van der Waals surface area contributed by atoms with E-state index >= 15 is 0 Å². The van der Waals surface area contributed by atoms with Crippen LogP contribution in [0.2, 0.25) is 5.02 Å². The molecule has 1 unspecified atom stereocenters. The van der Waals surface area contributed by atoms with Crippen LogP contribution in [-0.2, 0) is 0 Å². The average Bonchev–Trinajstić information content (AvgIpc) is 2.51. The molecule has 1 aromatic rings. The second-order valence-corrected chi connectivity index (χ2v) is 4.39. The van der Waals surface area contributed by atoms with Gasteiger partial charge >= 0.3 is 0 Å². The molecule has 1 aliphatic heterocycles. The first kappa shape index (κ1) is 12.3. The number of benzene rings is 1. The third-order valence-electron chi connectivity index (χ3n) is 2.39. The van der Waals surface area contributed by atoms with E-state index in [9.17, 15) is 5.11 Å². The molecule has 0 fully saturated rings. The first-order valence-electron chi connectivity index (χ1n) is 5.62. The summed E-state index contributed by atoms with van der Waals surface area (Å²) >= 11 is 6.13. The maximum absolute atomic E-state index is 9.19. The standard InChI is InChI=1S/C13H15ClO3/c1-9(15)3-4-10-7-11(14)13-12(8-10)16-5-2-6-17-13/h3-4,7-9,15H,2,5-6H2,1H3/b4-3+. The van der Waals surface area contributed by atoms with Crippen LogP contribution < -0.4 is 9.47 Å². The molecule has 0 aromatic heterocycles. The van der Waals surface area contributed by atoms with Gasteiger partial charge in [-0.2, -0.15) is 0 Å². The van der Waals surface area contributed by atoms with E-state index in [2.05, 4.69) is 0 Å². The second kappa shape index (κ2) is 5.43. The van der Waals surface area contributed by atoms with Crippen molar-refractivity contribution in [1.82, 2.24) is 0 Å². The van der Waals surface area contributed by atoms with Crippen LogP contribution in [0.25, 0.3) is 6.08 Å². The topological polar surface area (TPSA) is 38.7 Å². The van der Waals surface area contributed by atoms with E-state index in [4.69, 9.17) is 21.1 Å². The maximum atomic E-state index is 9.19. The molecular weight excluding hydrogens is 240 g/mol. The summed E-state index contributed by atoms with van der Waals surface area (Å²) in [4.78, 5) is 0. The number of hydrogen-bond donors (Lipinski definition) is 1. The predicted molar refractivity (Wildman–Crippen MR) is 67.8 cm³/mol. The molecule has 1 heterocycles. The molecule has 1 aromatic carbocycles. The van der Waals surface area contributed by atoms with E-state index in [1.54, 1.807) is 19.1 Å². The highest BCUT2D eigenvalue weighted by atomic mass is 35.5. The molecule has 0 saturated carbocycles. The van der Waals surface area contributed by atoms with Crippen LogP contribution in [0.1, 0.15) is 18.9 Å². The van der Waals surface area contributed by atoms with Gasteiger partial charge in [-0.3, -0.25) is 0 Å². The lowest BCUT2D eigenvalue weighted by molar-refractivity contribution is 0.245. The smallest absolute Gasteiger partial charge is 0.179 e. The zero-order valence-electron chi connectivity index (χ0n) is 9.65. The van der Waals surface area contributed by atoms with E-state index < -0.39 is 6.10 Å². The van der Waals surface area contributed by atoms with Gasteiger partial charge in [-0.15, -0.1) is 0 Å². The molecule has 0 saturated heterocycles. The van der Waals surface area contributed by atoms with Crippen molar-refractivity contribution in [2.75, 3.05) is 13.2 Å². The summed E-state index contributed by atoms with van der Waals surface area (Å²) in [6.45, 7) is 2.95. The number of aliphatic hydroxyl groups excluding tert-OH is 1. The van der Waals surface area contributed by atoms with Crippen LogP contribution >= 0.6 is 11.6 Å². The fourth-order valence-corrected chi connectivity index (χ4v) is 1.87. The lowest BCUT2D eigenvalue weighted by atomic mass is 10.1. The third-order valence-corrected chi connectivity index (χ3v) is 2.67. The molecule has 1 aliphatic rings. The normalized spacial score (nSPS) is 16.9. The molecule has 0 spiro atoms. The number of aliphatic hydroxyl groups is 1. The Kier molecular flexibility index (Phi) is 3.92. The van der Waals surface area contributed by atoms with Crippen LogP contribution in [0.3, 0.4) is 0 Å². The Bertz CT molecular complexity index is 427. The minimum Gasteiger partial charge on any atom is -0.489 e. The molecule has 2 rings (SSSR count). The Balaban J connectivity index is 2.32. The summed E-state index contributed by atoms with van der Waals surface area (Å²) in [5.41, 5.74) is 0.889. The van der Waals surface area contributed by atoms with Crippen molar-refractivity contribution in [3.63, 3.8) is 0 Å². The van der Waals surface area contributed by atoms with E-state index in [1.807, 2.05) is 12.1 Å². The summed E-state index contributed by atoms with van der Waals surface area (Å²) in [5, 5.41) is 9.73. The summed E-state index contributed by atoms with van der Waals surface area (Å²) in [6.07, 6.45) is 3.87.